The Morgan fingerprint density at radius 3 is 2.58 bits per heavy atom. The Bertz CT molecular complexity index is 395. The van der Waals surface area contributed by atoms with Crippen molar-refractivity contribution in [3.8, 4) is 5.75 Å². The Morgan fingerprint density at radius 1 is 1.21 bits per heavy atom. The molecule has 0 aliphatic heterocycles. The minimum atomic E-state index is -2.82. The van der Waals surface area contributed by atoms with Gasteiger partial charge >= 0.3 is 6.61 Å². The first-order valence-electron chi connectivity index (χ1n) is 6.61. The number of halogens is 2. The highest BCUT2D eigenvalue weighted by molar-refractivity contribution is 5.35. The van der Waals surface area contributed by atoms with Gasteiger partial charge in [0.2, 0.25) is 0 Å². The molecule has 19 heavy (non-hydrogen) atoms. The van der Waals surface area contributed by atoms with Crippen molar-refractivity contribution in [1.29, 1.82) is 0 Å². The summed E-state index contributed by atoms with van der Waals surface area (Å²) < 4.78 is 29.2. The van der Waals surface area contributed by atoms with Gasteiger partial charge in [-0.05, 0) is 25.8 Å². The average Bonchev–Trinajstić information content (AvgIpc) is 2.89. The first-order valence-corrected chi connectivity index (χ1v) is 6.61. The lowest BCUT2D eigenvalue weighted by Crippen LogP contribution is -2.25. The summed E-state index contributed by atoms with van der Waals surface area (Å²) >= 11 is 0. The van der Waals surface area contributed by atoms with Crippen LogP contribution in [0.15, 0.2) is 24.3 Å². The number of hydrogen-bond acceptors (Lipinski definition) is 3. The van der Waals surface area contributed by atoms with Crippen molar-refractivity contribution in [2.24, 2.45) is 0 Å². The molecule has 0 aromatic heterocycles. The molecule has 0 amide bonds. The normalized spacial score (nSPS) is 17.9. The molecule has 0 bridgehead atoms. The van der Waals surface area contributed by atoms with Crippen LogP contribution in [0, 0.1) is 0 Å². The second-order valence-electron chi connectivity index (χ2n) is 4.78. The lowest BCUT2D eigenvalue weighted by Gasteiger charge is -2.20. The van der Waals surface area contributed by atoms with Gasteiger partial charge in [-0.15, -0.1) is 0 Å². The van der Waals surface area contributed by atoms with Crippen molar-refractivity contribution >= 4 is 0 Å². The number of hydroxylamine groups is 1. The maximum absolute atomic E-state index is 12.3. The zero-order valence-corrected chi connectivity index (χ0v) is 10.9. The number of para-hydroxylation sites is 1. The molecule has 1 atom stereocenters. The monoisotopic (exact) mass is 271 g/mol. The zero-order chi connectivity index (χ0) is 13.7. The van der Waals surface area contributed by atoms with Gasteiger partial charge in [0.1, 0.15) is 5.75 Å². The average molecular weight is 271 g/mol. The summed E-state index contributed by atoms with van der Waals surface area (Å²) in [4.78, 5) is 5.59. The Balaban J connectivity index is 1.95. The molecular weight excluding hydrogens is 252 g/mol. The highest BCUT2D eigenvalue weighted by atomic mass is 19.3. The molecule has 1 unspecified atom stereocenters. The standard InChI is InChI=1S/C14H19F2NO2/c1-10(17-19-11-6-2-3-7-11)12-8-4-5-9-13(12)18-14(15)16/h4-5,8-11,14,17H,2-3,6-7H2,1H3. The van der Waals surface area contributed by atoms with Crippen molar-refractivity contribution in [1.82, 2.24) is 5.48 Å². The van der Waals surface area contributed by atoms with Crippen molar-refractivity contribution < 1.29 is 18.4 Å². The fourth-order valence-corrected chi connectivity index (χ4v) is 2.31. The molecule has 5 heteroatoms. The van der Waals surface area contributed by atoms with Gasteiger partial charge in [-0.3, -0.25) is 4.84 Å². The van der Waals surface area contributed by atoms with Gasteiger partial charge in [0.25, 0.3) is 0 Å². The molecule has 0 heterocycles. The number of hydrogen-bond donors (Lipinski definition) is 1. The van der Waals surface area contributed by atoms with Crippen LogP contribution in [0.3, 0.4) is 0 Å². The van der Waals surface area contributed by atoms with E-state index >= 15 is 0 Å². The summed E-state index contributed by atoms with van der Waals surface area (Å²) in [6.07, 6.45) is 4.70. The third-order valence-electron chi connectivity index (χ3n) is 3.32. The Kier molecular flexibility index (Phi) is 5.10. The molecule has 3 nitrogen and oxygen atoms in total. The summed E-state index contributed by atoms with van der Waals surface area (Å²) in [5.74, 6) is 0.188. The fourth-order valence-electron chi connectivity index (χ4n) is 2.31. The second-order valence-corrected chi connectivity index (χ2v) is 4.78. The molecule has 0 spiro atoms. The number of ether oxygens (including phenoxy) is 1. The number of benzene rings is 1. The second kappa shape index (κ2) is 6.82. The van der Waals surface area contributed by atoms with Crippen molar-refractivity contribution in [3.63, 3.8) is 0 Å². The molecule has 1 aliphatic carbocycles. The zero-order valence-electron chi connectivity index (χ0n) is 10.9. The van der Waals surface area contributed by atoms with Gasteiger partial charge in [-0.2, -0.15) is 14.3 Å². The third kappa shape index (κ3) is 4.14. The molecule has 0 saturated heterocycles. The molecule has 0 radical (unpaired) electrons. The van der Waals surface area contributed by atoms with Crippen molar-refractivity contribution in [2.45, 2.75) is 51.4 Å². The van der Waals surface area contributed by atoms with Gasteiger partial charge in [0, 0.05) is 5.56 Å². The van der Waals surface area contributed by atoms with Crippen LogP contribution in [0.25, 0.3) is 0 Å². The van der Waals surface area contributed by atoms with Crippen molar-refractivity contribution in [2.75, 3.05) is 0 Å². The molecule has 1 aromatic carbocycles. The van der Waals surface area contributed by atoms with Crippen LogP contribution in [-0.4, -0.2) is 12.7 Å². The van der Waals surface area contributed by atoms with E-state index < -0.39 is 6.61 Å². The topological polar surface area (TPSA) is 30.5 Å². The van der Waals surface area contributed by atoms with E-state index in [0.29, 0.717) is 5.56 Å². The van der Waals surface area contributed by atoms with E-state index in [-0.39, 0.29) is 17.9 Å². The number of alkyl halides is 2. The first kappa shape index (κ1) is 14.2. The first-order chi connectivity index (χ1) is 9.16. The SMILES string of the molecule is CC(NOC1CCCC1)c1ccccc1OC(F)F. The maximum atomic E-state index is 12.3. The van der Waals surface area contributed by atoms with Crippen LogP contribution in [0.5, 0.6) is 5.75 Å². The van der Waals surface area contributed by atoms with Crippen LogP contribution < -0.4 is 10.2 Å². The predicted octanol–water partition coefficient (Wildman–Crippen LogP) is 3.81. The Hall–Kier alpha value is -1.20. The van der Waals surface area contributed by atoms with Crippen LogP contribution in [-0.2, 0) is 4.84 Å². The summed E-state index contributed by atoms with van der Waals surface area (Å²) in [7, 11) is 0. The van der Waals surface area contributed by atoms with Gasteiger partial charge < -0.3 is 4.74 Å². The van der Waals surface area contributed by atoms with Gasteiger partial charge in [-0.25, -0.2) is 0 Å². The van der Waals surface area contributed by atoms with E-state index in [0.717, 1.165) is 12.8 Å². The van der Waals surface area contributed by atoms with E-state index in [9.17, 15) is 8.78 Å². The van der Waals surface area contributed by atoms with Crippen LogP contribution in [0.4, 0.5) is 8.78 Å². The van der Waals surface area contributed by atoms with Gasteiger partial charge in [0.15, 0.2) is 0 Å². The molecule has 1 N–H and O–H groups in total. The fraction of sp³-hybridized carbons (Fsp3) is 0.571. The minimum Gasteiger partial charge on any atom is -0.434 e. The van der Waals surface area contributed by atoms with Gasteiger partial charge in [0.05, 0.1) is 12.1 Å². The van der Waals surface area contributed by atoms with Crippen LogP contribution in [0.2, 0.25) is 0 Å². The highest BCUT2D eigenvalue weighted by Crippen LogP contribution is 2.27. The van der Waals surface area contributed by atoms with Crippen LogP contribution in [0.1, 0.15) is 44.2 Å². The van der Waals surface area contributed by atoms with Gasteiger partial charge in [-0.1, -0.05) is 31.0 Å². The minimum absolute atomic E-state index is 0.188. The van der Waals surface area contributed by atoms with Crippen LogP contribution >= 0.6 is 0 Å². The van der Waals surface area contributed by atoms with E-state index in [2.05, 4.69) is 10.2 Å². The quantitative estimate of drug-likeness (QED) is 0.798. The molecule has 2 rings (SSSR count). The molecule has 1 aliphatic rings. The lowest BCUT2D eigenvalue weighted by atomic mass is 10.1. The maximum Gasteiger partial charge on any atom is 0.387 e. The molecule has 1 fully saturated rings. The molecule has 1 aromatic rings. The Labute approximate surface area is 111 Å². The van der Waals surface area contributed by atoms with Crippen molar-refractivity contribution in [3.05, 3.63) is 29.8 Å². The summed E-state index contributed by atoms with van der Waals surface area (Å²) in [6.45, 7) is -0.952. The van der Waals surface area contributed by atoms with E-state index in [1.165, 1.54) is 18.9 Å². The molecule has 1 saturated carbocycles. The summed E-state index contributed by atoms with van der Waals surface area (Å²) in [5.41, 5.74) is 3.60. The van der Waals surface area contributed by atoms with E-state index in [1.807, 2.05) is 6.92 Å². The van der Waals surface area contributed by atoms with E-state index in [4.69, 9.17) is 4.84 Å². The summed E-state index contributed by atoms with van der Waals surface area (Å²) in [5, 5.41) is 0. The lowest BCUT2D eigenvalue weighted by molar-refractivity contribution is -0.0549. The third-order valence-corrected chi connectivity index (χ3v) is 3.32. The Morgan fingerprint density at radius 2 is 1.89 bits per heavy atom. The van der Waals surface area contributed by atoms with E-state index in [1.54, 1.807) is 18.2 Å². The molecule has 106 valence electrons. The largest absolute Gasteiger partial charge is 0.434 e. The molecular formula is C14H19F2NO2. The number of nitrogens with one attached hydrogen (secondary N) is 1. The smallest absolute Gasteiger partial charge is 0.387 e. The number of rotatable bonds is 6. The predicted molar refractivity (Wildman–Crippen MR) is 68.0 cm³/mol. The highest BCUT2D eigenvalue weighted by Gasteiger charge is 2.19. The summed E-state index contributed by atoms with van der Waals surface area (Å²) in [6, 6.07) is 6.56.